The van der Waals surface area contributed by atoms with Crippen LogP contribution in [0.4, 0.5) is 5.69 Å². The van der Waals surface area contributed by atoms with Gasteiger partial charge in [-0.2, -0.15) is 0 Å². The third-order valence-corrected chi connectivity index (χ3v) is 7.16. The molecule has 0 unspecified atom stereocenters. The summed E-state index contributed by atoms with van der Waals surface area (Å²) >= 11 is 0. The number of anilines is 1. The Kier molecular flexibility index (Phi) is 6.27. The van der Waals surface area contributed by atoms with Crippen molar-refractivity contribution in [3.8, 4) is 11.5 Å². The number of aliphatic hydroxyl groups is 1. The van der Waals surface area contributed by atoms with Gasteiger partial charge < -0.3 is 25.0 Å². The maximum atomic E-state index is 12.8. The van der Waals surface area contributed by atoms with E-state index >= 15 is 0 Å². The molecule has 180 valence electrons. The Morgan fingerprint density at radius 3 is 2.44 bits per heavy atom. The number of Topliss-reactive ketones (excluding diaryl/α,β-unsaturated/α-hetero) is 1. The predicted molar refractivity (Wildman–Crippen MR) is 129 cm³/mol. The van der Waals surface area contributed by atoms with E-state index in [1.54, 1.807) is 43.5 Å². The van der Waals surface area contributed by atoms with Crippen LogP contribution < -0.4 is 10.1 Å². The number of nitrogens with one attached hydrogen (secondary N) is 1. The molecule has 3 N–H and O–H groups in total. The number of phenolic OH excluding ortho intramolecular Hbond substituents is 1. The second-order valence-corrected chi connectivity index (χ2v) is 9.58. The van der Waals surface area contributed by atoms with E-state index in [-0.39, 0.29) is 28.4 Å². The van der Waals surface area contributed by atoms with Crippen LogP contribution in [0.25, 0.3) is 6.08 Å². The summed E-state index contributed by atoms with van der Waals surface area (Å²) in [7, 11) is 2.88. The molecule has 1 aliphatic heterocycles. The summed E-state index contributed by atoms with van der Waals surface area (Å²) in [5.74, 6) is 0.227. The molecule has 2 aromatic carbocycles. The first-order valence-corrected chi connectivity index (χ1v) is 11.4. The Balaban J connectivity index is 1.80. The summed E-state index contributed by atoms with van der Waals surface area (Å²) in [6.07, 6.45) is 4.60. The van der Waals surface area contributed by atoms with Crippen LogP contribution in [0.1, 0.15) is 49.8 Å². The highest BCUT2D eigenvalue weighted by Gasteiger charge is 2.51. The zero-order chi connectivity index (χ0) is 24.7. The van der Waals surface area contributed by atoms with E-state index in [9.17, 15) is 19.8 Å². The van der Waals surface area contributed by atoms with E-state index in [1.165, 1.54) is 7.11 Å². The maximum absolute atomic E-state index is 12.8. The number of benzene rings is 2. The van der Waals surface area contributed by atoms with Crippen LogP contribution in [0.15, 0.2) is 42.5 Å². The van der Waals surface area contributed by atoms with Crippen LogP contribution in [0.5, 0.6) is 11.5 Å². The lowest BCUT2D eigenvalue weighted by Gasteiger charge is -2.40. The van der Waals surface area contributed by atoms with Gasteiger partial charge in [-0.25, -0.2) is 0 Å². The highest BCUT2D eigenvalue weighted by Crippen LogP contribution is 2.48. The van der Waals surface area contributed by atoms with Crippen molar-refractivity contribution < 1.29 is 29.3 Å². The number of fused-ring (bicyclic) bond motifs is 1. The molecule has 0 spiro atoms. The van der Waals surface area contributed by atoms with Crippen LogP contribution in [0, 0.1) is 11.3 Å². The SMILES string of the molecule is COc1ccc([C@]2(O)c3c(ccc(/C=C/[C@]4(C)CCC(=O)[C@@H](C)C4)c3O)NC(=O)[C@H]2OC)cc1. The fourth-order valence-corrected chi connectivity index (χ4v) is 5.18. The van der Waals surface area contributed by atoms with E-state index in [0.717, 1.165) is 12.8 Å². The molecule has 1 aliphatic carbocycles. The topological polar surface area (TPSA) is 105 Å². The lowest BCUT2D eigenvalue weighted by Crippen LogP contribution is -2.52. The molecule has 4 rings (SSSR count). The second kappa shape index (κ2) is 8.89. The second-order valence-electron chi connectivity index (χ2n) is 9.58. The van der Waals surface area contributed by atoms with Gasteiger partial charge in [-0.15, -0.1) is 0 Å². The zero-order valence-electron chi connectivity index (χ0n) is 19.9. The molecule has 7 heteroatoms. The van der Waals surface area contributed by atoms with Crippen LogP contribution in [-0.2, 0) is 19.9 Å². The number of hydrogen-bond acceptors (Lipinski definition) is 6. The first-order chi connectivity index (χ1) is 16.1. The summed E-state index contributed by atoms with van der Waals surface area (Å²) in [5.41, 5.74) is -0.729. The average molecular weight is 466 g/mol. The van der Waals surface area contributed by atoms with E-state index in [4.69, 9.17) is 9.47 Å². The van der Waals surface area contributed by atoms with Crippen LogP contribution in [0.3, 0.4) is 0 Å². The molecule has 2 aliphatic rings. The molecular weight excluding hydrogens is 434 g/mol. The summed E-state index contributed by atoms with van der Waals surface area (Å²) in [6, 6.07) is 10.0. The molecule has 34 heavy (non-hydrogen) atoms. The maximum Gasteiger partial charge on any atom is 0.257 e. The van der Waals surface area contributed by atoms with Crippen molar-refractivity contribution in [2.45, 2.75) is 44.8 Å². The number of aromatic hydroxyl groups is 1. The molecule has 0 saturated heterocycles. The van der Waals surface area contributed by atoms with Crippen LogP contribution in [-0.4, -0.2) is 42.2 Å². The average Bonchev–Trinajstić information content (AvgIpc) is 2.81. The molecule has 0 aromatic heterocycles. The molecule has 1 saturated carbocycles. The van der Waals surface area contributed by atoms with Gasteiger partial charge in [-0.05, 0) is 48.1 Å². The quantitative estimate of drug-likeness (QED) is 0.616. The Morgan fingerprint density at radius 1 is 1.12 bits per heavy atom. The Bertz CT molecular complexity index is 1140. The Labute approximate surface area is 199 Å². The first kappa shape index (κ1) is 24.0. The summed E-state index contributed by atoms with van der Waals surface area (Å²) in [4.78, 5) is 24.7. The van der Waals surface area contributed by atoms with Gasteiger partial charge in [-0.3, -0.25) is 9.59 Å². The minimum absolute atomic E-state index is 0.00151. The van der Waals surface area contributed by atoms with Gasteiger partial charge >= 0.3 is 0 Å². The summed E-state index contributed by atoms with van der Waals surface area (Å²) in [6.45, 7) is 4.06. The minimum atomic E-state index is -1.93. The van der Waals surface area contributed by atoms with E-state index in [1.807, 2.05) is 19.1 Å². The summed E-state index contributed by atoms with van der Waals surface area (Å²) in [5, 5.41) is 26.0. The van der Waals surface area contributed by atoms with Crippen molar-refractivity contribution >= 4 is 23.5 Å². The molecule has 4 atom stereocenters. The van der Waals surface area contributed by atoms with Crippen molar-refractivity contribution in [2.24, 2.45) is 11.3 Å². The van der Waals surface area contributed by atoms with Crippen molar-refractivity contribution in [3.63, 3.8) is 0 Å². The van der Waals surface area contributed by atoms with Gasteiger partial charge in [0.1, 0.15) is 17.3 Å². The minimum Gasteiger partial charge on any atom is -0.507 e. The summed E-state index contributed by atoms with van der Waals surface area (Å²) < 4.78 is 10.6. The number of rotatable bonds is 5. The van der Waals surface area contributed by atoms with Crippen molar-refractivity contribution in [1.29, 1.82) is 0 Å². The van der Waals surface area contributed by atoms with Gasteiger partial charge in [-0.1, -0.05) is 38.1 Å². The van der Waals surface area contributed by atoms with Gasteiger partial charge in [0.2, 0.25) is 0 Å². The van der Waals surface area contributed by atoms with Gasteiger partial charge in [0.15, 0.2) is 11.7 Å². The van der Waals surface area contributed by atoms with Gasteiger partial charge in [0, 0.05) is 25.0 Å². The highest BCUT2D eigenvalue weighted by molar-refractivity contribution is 6.00. The number of amides is 1. The van der Waals surface area contributed by atoms with Crippen molar-refractivity contribution in [2.75, 3.05) is 19.5 Å². The van der Waals surface area contributed by atoms with Crippen molar-refractivity contribution in [3.05, 3.63) is 59.2 Å². The molecule has 0 bridgehead atoms. The number of ketones is 1. The van der Waals surface area contributed by atoms with Gasteiger partial charge in [0.25, 0.3) is 5.91 Å². The normalized spacial score (nSPS) is 29.1. The number of hydrogen-bond donors (Lipinski definition) is 3. The molecule has 1 fully saturated rings. The lowest BCUT2D eigenvalue weighted by molar-refractivity contribution is -0.142. The molecule has 0 radical (unpaired) electrons. The van der Waals surface area contributed by atoms with E-state index < -0.39 is 17.6 Å². The standard InChI is InChI=1S/C27H31NO6/c1-16-15-26(2,14-12-21(16)29)13-11-17-5-10-20-22(23(17)30)27(32,24(34-4)25(31)28-20)18-6-8-19(33-3)9-7-18/h5-11,13,16,24,30,32H,12,14-15H2,1-4H3,(H,28,31)/b13-11+/t16-,24+,26+,27-/m0/s1. The molecule has 7 nitrogen and oxygen atoms in total. The highest BCUT2D eigenvalue weighted by atomic mass is 16.5. The first-order valence-electron chi connectivity index (χ1n) is 11.4. The Morgan fingerprint density at radius 2 is 1.82 bits per heavy atom. The Hall–Kier alpha value is -3.16. The number of carbonyl (C=O) groups excluding carboxylic acids is 2. The monoisotopic (exact) mass is 465 g/mol. The largest absolute Gasteiger partial charge is 0.507 e. The number of methoxy groups -OCH3 is 2. The van der Waals surface area contributed by atoms with Crippen LogP contribution >= 0.6 is 0 Å². The molecule has 1 amide bonds. The molecular formula is C27H31NO6. The smallest absolute Gasteiger partial charge is 0.257 e. The molecule has 2 aromatic rings. The number of ether oxygens (including phenoxy) is 2. The van der Waals surface area contributed by atoms with Gasteiger partial charge in [0.05, 0.1) is 18.4 Å². The predicted octanol–water partition coefficient (Wildman–Crippen LogP) is 4.01. The fraction of sp³-hybridized carbons (Fsp3) is 0.407. The lowest BCUT2D eigenvalue weighted by atomic mass is 9.70. The van der Waals surface area contributed by atoms with Crippen molar-refractivity contribution in [1.82, 2.24) is 0 Å². The number of allylic oxidation sites excluding steroid dienone is 1. The van der Waals surface area contributed by atoms with Crippen LogP contribution in [0.2, 0.25) is 0 Å². The number of phenols is 1. The van der Waals surface area contributed by atoms with E-state index in [0.29, 0.717) is 29.0 Å². The third kappa shape index (κ3) is 3.99. The fourth-order valence-electron chi connectivity index (χ4n) is 5.18. The molecule has 1 heterocycles. The number of carbonyl (C=O) groups is 2. The zero-order valence-corrected chi connectivity index (χ0v) is 19.9. The van der Waals surface area contributed by atoms with E-state index in [2.05, 4.69) is 12.2 Å². The third-order valence-electron chi connectivity index (χ3n) is 7.16.